The summed E-state index contributed by atoms with van der Waals surface area (Å²) in [6.07, 6.45) is 1.76. The standard InChI is InChI=1S/C23H16BrFN2O/c1-15-3-2-4-20(13-15)27-22(17-7-11-19(25)12-8-17)26-21(23(27)28)14-16-5-9-18(24)10-6-16/h2-14H,1H3/b21-14+. The van der Waals surface area contributed by atoms with Gasteiger partial charge in [-0.15, -0.1) is 0 Å². The highest BCUT2D eigenvalue weighted by molar-refractivity contribution is 9.10. The van der Waals surface area contributed by atoms with Gasteiger partial charge in [-0.1, -0.05) is 40.2 Å². The van der Waals surface area contributed by atoms with Crippen LogP contribution >= 0.6 is 15.9 Å². The van der Waals surface area contributed by atoms with Gasteiger partial charge >= 0.3 is 0 Å². The van der Waals surface area contributed by atoms with Crippen LogP contribution in [-0.4, -0.2) is 11.7 Å². The van der Waals surface area contributed by atoms with Gasteiger partial charge in [0, 0.05) is 10.0 Å². The fraction of sp³-hybridized carbons (Fsp3) is 0.0435. The molecule has 0 radical (unpaired) electrons. The Labute approximate surface area is 171 Å². The quantitative estimate of drug-likeness (QED) is 0.484. The van der Waals surface area contributed by atoms with E-state index >= 15 is 0 Å². The van der Waals surface area contributed by atoms with Gasteiger partial charge in [0.1, 0.15) is 17.3 Å². The first-order chi connectivity index (χ1) is 13.5. The summed E-state index contributed by atoms with van der Waals surface area (Å²) >= 11 is 3.41. The molecule has 0 atom stereocenters. The summed E-state index contributed by atoms with van der Waals surface area (Å²) in [7, 11) is 0. The van der Waals surface area contributed by atoms with Gasteiger partial charge < -0.3 is 0 Å². The molecule has 138 valence electrons. The first-order valence-corrected chi connectivity index (χ1v) is 9.53. The molecule has 1 heterocycles. The average molecular weight is 435 g/mol. The van der Waals surface area contributed by atoms with Crippen molar-refractivity contribution in [2.24, 2.45) is 4.99 Å². The molecule has 4 rings (SSSR count). The molecular weight excluding hydrogens is 419 g/mol. The summed E-state index contributed by atoms with van der Waals surface area (Å²) in [6.45, 7) is 1.97. The number of hydrogen-bond donors (Lipinski definition) is 0. The predicted octanol–water partition coefficient (Wildman–Crippen LogP) is 5.73. The Hall–Kier alpha value is -3.05. The van der Waals surface area contributed by atoms with Crippen LogP contribution < -0.4 is 4.90 Å². The van der Waals surface area contributed by atoms with Gasteiger partial charge in [-0.2, -0.15) is 0 Å². The number of amidine groups is 1. The first-order valence-electron chi connectivity index (χ1n) is 8.74. The maximum absolute atomic E-state index is 13.4. The molecule has 3 nitrogen and oxygen atoms in total. The summed E-state index contributed by atoms with van der Waals surface area (Å²) in [6, 6.07) is 21.3. The molecule has 0 spiro atoms. The lowest BCUT2D eigenvalue weighted by molar-refractivity contribution is -0.113. The van der Waals surface area contributed by atoms with E-state index in [1.807, 2.05) is 55.5 Å². The molecule has 0 saturated heterocycles. The highest BCUT2D eigenvalue weighted by Crippen LogP contribution is 2.28. The van der Waals surface area contributed by atoms with E-state index in [0.717, 1.165) is 21.3 Å². The average Bonchev–Trinajstić information content (AvgIpc) is 3.00. The number of hydrogen-bond acceptors (Lipinski definition) is 2. The van der Waals surface area contributed by atoms with Crippen LogP contribution in [0, 0.1) is 12.7 Å². The van der Waals surface area contributed by atoms with Gasteiger partial charge in [-0.05, 0) is 72.7 Å². The Morgan fingerprint density at radius 2 is 1.71 bits per heavy atom. The van der Waals surface area contributed by atoms with Crippen LogP contribution in [0.1, 0.15) is 16.7 Å². The Morgan fingerprint density at radius 3 is 2.39 bits per heavy atom. The lowest BCUT2D eigenvalue weighted by Gasteiger charge is -2.19. The number of nitrogens with zero attached hydrogens (tertiary/aromatic N) is 2. The minimum absolute atomic E-state index is 0.215. The molecule has 0 N–H and O–H groups in total. The molecule has 0 saturated carbocycles. The second-order valence-electron chi connectivity index (χ2n) is 6.50. The van der Waals surface area contributed by atoms with Gasteiger partial charge in [0.25, 0.3) is 5.91 Å². The second-order valence-corrected chi connectivity index (χ2v) is 7.42. The molecule has 0 aromatic heterocycles. The molecule has 28 heavy (non-hydrogen) atoms. The van der Waals surface area contributed by atoms with Gasteiger partial charge in [-0.3, -0.25) is 9.69 Å². The maximum Gasteiger partial charge on any atom is 0.282 e. The number of benzene rings is 3. The predicted molar refractivity (Wildman–Crippen MR) is 114 cm³/mol. The number of anilines is 1. The molecule has 0 aliphatic carbocycles. The zero-order chi connectivity index (χ0) is 19.7. The minimum atomic E-state index is -0.332. The summed E-state index contributed by atoms with van der Waals surface area (Å²) < 4.78 is 14.3. The molecule has 0 fully saturated rings. The first kappa shape index (κ1) is 18.3. The fourth-order valence-corrected chi connectivity index (χ4v) is 3.30. The molecule has 1 aliphatic rings. The Balaban J connectivity index is 1.82. The Bertz CT molecular complexity index is 1100. The largest absolute Gasteiger partial charge is 0.282 e. The normalized spacial score (nSPS) is 15.2. The number of aryl methyl sites for hydroxylation is 1. The third-order valence-corrected chi connectivity index (χ3v) is 4.92. The van der Waals surface area contributed by atoms with Crippen molar-refractivity contribution in [1.29, 1.82) is 0 Å². The van der Waals surface area contributed by atoms with Crippen molar-refractivity contribution in [3.8, 4) is 0 Å². The zero-order valence-electron chi connectivity index (χ0n) is 15.1. The summed E-state index contributed by atoms with van der Waals surface area (Å²) in [4.78, 5) is 19.4. The van der Waals surface area contributed by atoms with E-state index in [1.165, 1.54) is 12.1 Å². The maximum atomic E-state index is 13.4. The van der Waals surface area contributed by atoms with E-state index in [4.69, 9.17) is 0 Å². The van der Waals surface area contributed by atoms with Crippen LogP contribution in [0.5, 0.6) is 0 Å². The minimum Gasteiger partial charge on any atom is -0.266 e. The number of rotatable bonds is 3. The lowest BCUT2D eigenvalue weighted by atomic mass is 10.1. The van der Waals surface area contributed by atoms with Gasteiger partial charge in [0.15, 0.2) is 0 Å². The number of amides is 1. The van der Waals surface area contributed by atoms with Gasteiger partial charge in [-0.25, -0.2) is 9.38 Å². The molecule has 0 unspecified atom stereocenters. The van der Waals surface area contributed by atoms with E-state index in [0.29, 0.717) is 17.1 Å². The van der Waals surface area contributed by atoms with E-state index in [9.17, 15) is 9.18 Å². The molecule has 3 aromatic rings. The van der Waals surface area contributed by atoms with Crippen molar-refractivity contribution in [2.45, 2.75) is 6.92 Å². The molecule has 1 aliphatic heterocycles. The topological polar surface area (TPSA) is 32.7 Å². The van der Waals surface area contributed by atoms with Crippen LogP contribution in [0.25, 0.3) is 6.08 Å². The van der Waals surface area contributed by atoms with E-state index in [-0.39, 0.29) is 11.7 Å². The second kappa shape index (κ2) is 7.52. The molecule has 3 aromatic carbocycles. The monoisotopic (exact) mass is 434 g/mol. The van der Waals surface area contributed by atoms with Crippen LogP contribution in [0.3, 0.4) is 0 Å². The van der Waals surface area contributed by atoms with Crippen molar-refractivity contribution < 1.29 is 9.18 Å². The number of carbonyl (C=O) groups is 1. The SMILES string of the molecule is Cc1cccc(N2C(=O)/C(=C\c3ccc(Br)cc3)N=C2c2ccc(F)cc2)c1. The Kier molecular flexibility index (Phi) is 4.92. The fourth-order valence-electron chi connectivity index (χ4n) is 3.03. The molecule has 1 amide bonds. The third-order valence-electron chi connectivity index (χ3n) is 4.40. The zero-order valence-corrected chi connectivity index (χ0v) is 16.7. The van der Waals surface area contributed by atoms with Crippen LogP contribution in [0.2, 0.25) is 0 Å². The summed E-state index contributed by atoms with van der Waals surface area (Å²) in [5.74, 6) is -0.0618. The number of aliphatic imine (C=N–C) groups is 1. The highest BCUT2D eigenvalue weighted by atomic mass is 79.9. The lowest BCUT2D eigenvalue weighted by Crippen LogP contribution is -2.32. The van der Waals surface area contributed by atoms with E-state index in [1.54, 1.807) is 23.1 Å². The highest BCUT2D eigenvalue weighted by Gasteiger charge is 2.32. The number of halogens is 2. The van der Waals surface area contributed by atoms with Crippen molar-refractivity contribution >= 4 is 39.4 Å². The van der Waals surface area contributed by atoms with E-state index < -0.39 is 0 Å². The van der Waals surface area contributed by atoms with E-state index in [2.05, 4.69) is 20.9 Å². The molecule has 5 heteroatoms. The van der Waals surface area contributed by atoms with Crippen molar-refractivity contribution in [3.05, 3.63) is 105 Å². The van der Waals surface area contributed by atoms with Crippen LogP contribution in [-0.2, 0) is 4.79 Å². The van der Waals surface area contributed by atoms with Crippen molar-refractivity contribution in [2.75, 3.05) is 4.90 Å². The van der Waals surface area contributed by atoms with Crippen LogP contribution in [0.4, 0.5) is 10.1 Å². The van der Waals surface area contributed by atoms with Crippen molar-refractivity contribution in [1.82, 2.24) is 0 Å². The third kappa shape index (κ3) is 3.66. The molecular formula is C23H16BrFN2O. The smallest absolute Gasteiger partial charge is 0.266 e. The molecule has 0 bridgehead atoms. The van der Waals surface area contributed by atoms with Crippen molar-refractivity contribution in [3.63, 3.8) is 0 Å². The Morgan fingerprint density at radius 1 is 1.00 bits per heavy atom. The van der Waals surface area contributed by atoms with Crippen LogP contribution in [0.15, 0.2) is 88.0 Å². The summed E-state index contributed by atoms with van der Waals surface area (Å²) in [5, 5.41) is 0. The van der Waals surface area contributed by atoms with Gasteiger partial charge in [0.2, 0.25) is 0 Å². The van der Waals surface area contributed by atoms with Gasteiger partial charge in [0.05, 0.1) is 5.69 Å². The number of carbonyl (C=O) groups excluding carboxylic acids is 1. The summed E-state index contributed by atoms with van der Waals surface area (Å²) in [5.41, 5.74) is 3.65.